The second kappa shape index (κ2) is 7.22. The van der Waals surface area contributed by atoms with Gasteiger partial charge >= 0.3 is 0 Å². The molecule has 24 heavy (non-hydrogen) atoms. The second-order valence-corrected chi connectivity index (χ2v) is 6.06. The summed E-state index contributed by atoms with van der Waals surface area (Å²) in [5.41, 5.74) is 4.24. The minimum atomic E-state index is -0.199. The Labute approximate surface area is 142 Å². The predicted molar refractivity (Wildman–Crippen MR) is 93.5 cm³/mol. The summed E-state index contributed by atoms with van der Waals surface area (Å²) in [5, 5.41) is 3.50. The van der Waals surface area contributed by atoms with E-state index in [2.05, 4.69) is 11.4 Å². The fraction of sp³-hybridized carbons (Fsp3) is 0.400. The highest BCUT2D eigenvalue weighted by atomic mass is 19.1. The number of halogens is 1. The lowest BCUT2D eigenvalue weighted by Gasteiger charge is -2.29. The average Bonchev–Trinajstić information content (AvgIpc) is 2.54. The van der Waals surface area contributed by atoms with Crippen LogP contribution in [0, 0.1) is 12.7 Å². The van der Waals surface area contributed by atoms with Gasteiger partial charge in [0.15, 0.2) is 11.5 Å². The van der Waals surface area contributed by atoms with E-state index in [0.29, 0.717) is 13.2 Å². The van der Waals surface area contributed by atoms with E-state index in [9.17, 15) is 4.39 Å². The molecule has 0 aromatic heterocycles. The topological polar surface area (TPSA) is 30.5 Å². The number of benzene rings is 2. The molecular weight excluding hydrogens is 305 g/mol. The third-order valence-electron chi connectivity index (χ3n) is 4.26. The summed E-state index contributed by atoms with van der Waals surface area (Å²) < 4.78 is 25.3. The smallest absolute Gasteiger partial charge is 0.161 e. The zero-order valence-electron chi connectivity index (χ0n) is 14.5. The molecule has 0 amide bonds. The van der Waals surface area contributed by atoms with Crippen LogP contribution in [0.5, 0.6) is 11.5 Å². The van der Waals surface area contributed by atoms with E-state index in [4.69, 9.17) is 9.47 Å². The molecule has 0 bridgehead atoms. The van der Waals surface area contributed by atoms with Crippen LogP contribution in [0.1, 0.15) is 42.1 Å². The van der Waals surface area contributed by atoms with Crippen molar-refractivity contribution >= 4 is 0 Å². The van der Waals surface area contributed by atoms with Gasteiger partial charge in [-0.05, 0) is 73.7 Å². The number of fused-ring (bicyclic) bond motifs is 1. The van der Waals surface area contributed by atoms with Crippen molar-refractivity contribution in [2.24, 2.45) is 0 Å². The third-order valence-corrected chi connectivity index (χ3v) is 4.26. The molecule has 0 saturated heterocycles. The summed E-state index contributed by atoms with van der Waals surface area (Å²) in [5.74, 6) is 1.34. The molecule has 1 aliphatic rings. The Hall–Kier alpha value is -2.07. The number of aryl methyl sites for hydroxylation is 1. The summed E-state index contributed by atoms with van der Waals surface area (Å²) in [6.45, 7) is 7.88. The standard InChI is InChI=1S/C20H24FNO2/c1-4-23-18-11-14-6-7-22-20(17(14)12-19(18)24-5-2)15-8-13(3)9-16(21)10-15/h8-12,20,22H,4-7H2,1-3H3. The van der Waals surface area contributed by atoms with Crippen molar-refractivity contribution in [2.75, 3.05) is 19.8 Å². The number of nitrogens with one attached hydrogen (secondary N) is 1. The van der Waals surface area contributed by atoms with Crippen LogP contribution >= 0.6 is 0 Å². The lowest BCUT2D eigenvalue weighted by atomic mass is 9.89. The van der Waals surface area contributed by atoms with E-state index in [1.807, 2.05) is 32.9 Å². The van der Waals surface area contributed by atoms with Crippen LogP contribution in [0.4, 0.5) is 4.39 Å². The first kappa shape index (κ1) is 16.8. The maximum atomic E-state index is 13.9. The Morgan fingerprint density at radius 3 is 2.42 bits per heavy atom. The zero-order chi connectivity index (χ0) is 17.1. The van der Waals surface area contributed by atoms with Crippen molar-refractivity contribution < 1.29 is 13.9 Å². The minimum absolute atomic E-state index is 0.0296. The Morgan fingerprint density at radius 1 is 1.04 bits per heavy atom. The monoisotopic (exact) mass is 329 g/mol. The van der Waals surface area contributed by atoms with Gasteiger partial charge in [0.1, 0.15) is 5.82 Å². The van der Waals surface area contributed by atoms with Crippen LogP contribution in [-0.4, -0.2) is 19.8 Å². The molecule has 0 saturated carbocycles. The normalized spacial score (nSPS) is 16.6. The maximum absolute atomic E-state index is 13.9. The predicted octanol–water partition coefficient (Wildman–Crippen LogP) is 4.17. The van der Waals surface area contributed by atoms with Gasteiger partial charge in [0.25, 0.3) is 0 Å². The first-order chi connectivity index (χ1) is 11.6. The van der Waals surface area contributed by atoms with E-state index < -0.39 is 0 Å². The first-order valence-electron chi connectivity index (χ1n) is 8.55. The van der Waals surface area contributed by atoms with Gasteiger partial charge in [-0.1, -0.05) is 6.07 Å². The third kappa shape index (κ3) is 3.39. The Balaban J connectivity index is 2.07. The largest absolute Gasteiger partial charge is 0.490 e. The SMILES string of the molecule is CCOc1cc2c(cc1OCC)C(c1cc(C)cc(F)c1)NCC2. The van der Waals surface area contributed by atoms with Crippen LogP contribution in [-0.2, 0) is 6.42 Å². The molecule has 1 atom stereocenters. The molecule has 3 nitrogen and oxygen atoms in total. The van der Waals surface area contributed by atoms with Crippen LogP contribution in [0.3, 0.4) is 0 Å². The molecule has 1 aliphatic heterocycles. The van der Waals surface area contributed by atoms with Crippen molar-refractivity contribution in [3.8, 4) is 11.5 Å². The maximum Gasteiger partial charge on any atom is 0.161 e. The lowest BCUT2D eigenvalue weighted by Crippen LogP contribution is -2.30. The van der Waals surface area contributed by atoms with Crippen LogP contribution < -0.4 is 14.8 Å². The number of hydrogen-bond acceptors (Lipinski definition) is 3. The van der Waals surface area contributed by atoms with Crippen LogP contribution in [0.15, 0.2) is 30.3 Å². The average molecular weight is 329 g/mol. The van der Waals surface area contributed by atoms with Gasteiger partial charge in [-0.2, -0.15) is 0 Å². The van der Waals surface area contributed by atoms with E-state index >= 15 is 0 Å². The van der Waals surface area contributed by atoms with Crippen molar-refractivity contribution in [1.29, 1.82) is 0 Å². The Morgan fingerprint density at radius 2 is 1.75 bits per heavy atom. The molecule has 4 heteroatoms. The fourth-order valence-corrected chi connectivity index (χ4v) is 3.33. The molecule has 3 rings (SSSR count). The fourth-order valence-electron chi connectivity index (χ4n) is 3.33. The zero-order valence-corrected chi connectivity index (χ0v) is 14.5. The molecule has 0 aliphatic carbocycles. The van der Waals surface area contributed by atoms with Crippen molar-refractivity contribution in [1.82, 2.24) is 5.32 Å². The molecule has 0 radical (unpaired) electrons. The van der Waals surface area contributed by atoms with Gasteiger partial charge in [-0.3, -0.25) is 0 Å². The lowest BCUT2D eigenvalue weighted by molar-refractivity contribution is 0.286. The van der Waals surface area contributed by atoms with E-state index in [1.54, 1.807) is 12.1 Å². The number of hydrogen-bond donors (Lipinski definition) is 1. The van der Waals surface area contributed by atoms with E-state index in [1.165, 1.54) is 5.56 Å². The number of rotatable bonds is 5. The molecule has 1 heterocycles. The summed E-state index contributed by atoms with van der Waals surface area (Å²) in [6.07, 6.45) is 0.923. The van der Waals surface area contributed by atoms with E-state index in [-0.39, 0.29) is 11.9 Å². The van der Waals surface area contributed by atoms with E-state index in [0.717, 1.165) is 41.2 Å². The first-order valence-corrected chi connectivity index (χ1v) is 8.55. The highest BCUT2D eigenvalue weighted by Crippen LogP contribution is 2.38. The molecule has 1 unspecified atom stereocenters. The van der Waals surface area contributed by atoms with Gasteiger partial charge in [-0.25, -0.2) is 4.39 Å². The number of ether oxygens (including phenoxy) is 2. The molecule has 2 aromatic rings. The molecule has 0 spiro atoms. The highest BCUT2D eigenvalue weighted by Gasteiger charge is 2.24. The van der Waals surface area contributed by atoms with Gasteiger partial charge in [0.2, 0.25) is 0 Å². The van der Waals surface area contributed by atoms with Gasteiger partial charge in [0, 0.05) is 6.54 Å². The van der Waals surface area contributed by atoms with Crippen molar-refractivity contribution in [2.45, 2.75) is 33.2 Å². The minimum Gasteiger partial charge on any atom is -0.490 e. The van der Waals surface area contributed by atoms with Gasteiger partial charge in [0.05, 0.1) is 19.3 Å². The Kier molecular flexibility index (Phi) is 5.05. The van der Waals surface area contributed by atoms with Crippen LogP contribution in [0.2, 0.25) is 0 Å². The molecule has 0 fully saturated rings. The second-order valence-electron chi connectivity index (χ2n) is 6.06. The molecule has 2 aromatic carbocycles. The van der Waals surface area contributed by atoms with Crippen molar-refractivity contribution in [3.63, 3.8) is 0 Å². The summed E-state index contributed by atoms with van der Waals surface area (Å²) >= 11 is 0. The van der Waals surface area contributed by atoms with Crippen molar-refractivity contribution in [3.05, 3.63) is 58.4 Å². The molecular formula is C20H24FNO2. The summed E-state index contributed by atoms with van der Waals surface area (Å²) in [6, 6.07) is 9.28. The Bertz CT molecular complexity index is 710. The molecule has 128 valence electrons. The quantitative estimate of drug-likeness (QED) is 0.893. The van der Waals surface area contributed by atoms with Gasteiger partial charge in [-0.15, -0.1) is 0 Å². The summed E-state index contributed by atoms with van der Waals surface area (Å²) in [4.78, 5) is 0. The highest BCUT2D eigenvalue weighted by molar-refractivity contribution is 5.52. The summed E-state index contributed by atoms with van der Waals surface area (Å²) in [7, 11) is 0. The van der Waals surface area contributed by atoms with Gasteiger partial charge < -0.3 is 14.8 Å². The van der Waals surface area contributed by atoms with Crippen LogP contribution in [0.25, 0.3) is 0 Å². The molecule has 1 N–H and O–H groups in total.